The molecule has 3 aromatic rings. The van der Waals surface area contributed by atoms with Gasteiger partial charge in [-0.15, -0.1) is 0 Å². The molecule has 0 N–H and O–H groups in total. The second-order valence-electron chi connectivity index (χ2n) is 4.69. The molecule has 0 bridgehead atoms. The highest BCUT2D eigenvalue weighted by atomic mass is 16.5. The molecule has 0 fully saturated rings. The van der Waals surface area contributed by atoms with Crippen LogP contribution < -0.4 is 9.47 Å². The largest absolute Gasteiger partial charge is 0.494 e. The summed E-state index contributed by atoms with van der Waals surface area (Å²) in [6.07, 6.45) is 0. The molecule has 1 aromatic heterocycles. The van der Waals surface area contributed by atoms with Crippen molar-refractivity contribution in [3.8, 4) is 22.8 Å². The molecule has 0 unspecified atom stereocenters. The molecular weight excluding hydrogens is 262 g/mol. The van der Waals surface area contributed by atoms with Crippen molar-refractivity contribution in [2.45, 2.75) is 6.92 Å². The van der Waals surface area contributed by atoms with E-state index >= 15 is 0 Å². The maximum atomic E-state index is 5.59. The minimum atomic E-state index is 0.616. The lowest BCUT2D eigenvalue weighted by atomic mass is 10.0. The third-order valence-corrected chi connectivity index (χ3v) is 3.36. The van der Waals surface area contributed by atoms with E-state index in [1.165, 1.54) is 0 Å². The number of pyridine rings is 1. The second-order valence-corrected chi connectivity index (χ2v) is 4.69. The van der Waals surface area contributed by atoms with Crippen molar-refractivity contribution in [2.24, 2.45) is 0 Å². The van der Waals surface area contributed by atoms with E-state index in [-0.39, 0.29) is 0 Å². The van der Waals surface area contributed by atoms with E-state index in [9.17, 15) is 0 Å². The summed E-state index contributed by atoms with van der Waals surface area (Å²) in [5.74, 6) is 1.49. The third-order valence-electron chi connectivity index (χ3n) is 3.36. The standard InChI is InChI=1S/C18H17NO2/c1-3-21-14-8-6-7-13(11-14)16-12-18(20-2)19-17-10-5-4-9-15(16)17/h4-12H,3H2,1-2H3. The fraction of sp³-hybridized carbons (Fsp3) is 0.167. The van der Waals surface area contributed by atoms with Gasteiger partial charge in [-0.2, -0.15) is 0 Å². The van der Waals surface area contributed by atoms with Crippen molar-refractivity contribution in [1.29, 1.82) is 0 Å². The first-order valence-electron chi connectivity index (χ1n) is 6.99. The fourth-order valence-corrected chi connectivity index (χ4v) is 2.41. The SMILES string of the molecule is CCOc1cccc(-c2cc(OC)nc3ccccc23)c1. The number of methoxy groups -OCH3 is 1. The quantitative estimate of drug-likeness (QED) is 0.713. The molecule has 1 heterocycles. The lowest BCUT2D eigenvalue weighted by molar-refractivity contribution is 0.340. The van der Waals surface area contributed by atoms with Crippen molar-refractivity contribution >= 4 is 10.9 Å². The number of ether oxygens (including phenoxy) is 2. The number of rotatable bonds is 4. The van der Waals surface area contributed by atoms with Crippen molar-refractivity contribution in [1.82, 2.24) is 4.98 Å². The molecule has 3 nitrogen and oxygen atoms in total. The Hall–Kier alpha value is -2.55. The average molecular weight is 279 g/mol. The van der Waals surface area contributed by atoms with Crippen LogP contribution >= 0.6 is 0 Å². The predicted molar refractivity (Wildman–Crippen MR) is 84.9 cm³/mol. The number of fused-ring (bicyclic) bond motifs is 1. The summed E-state index contributed by atoms with van der Waals surface area (Å²) < 4.78 is 10.9. The first-order chi connectivity index (χ1) is 10.3. The smallest absolute Gasteiger partial charge is 0.214 e. The normalized spacial score (nSPS) is 10.6. The molecule has 0 radical (unpaired) electrons. The maximum absolute atomic E-state index is 5.59. The minimum absolute atomic E-state index is 0.616. The van der Waals surface area contributed by atoms with Crippen LogP contribution in [0.5, 0.6) is 11.6 Å². The van der Waals surface area contributed by atoms with E-state index in [1.807, 2.05) is 49.4 Å². The zero-order valence-electron chi connectivity index (χ0n) is 12.2. The van der Waals surface area contributed by atoms with E-state index in [1.54, 1.807) is 7.11 Å². The molecule has 0 spiro atoms. The van der Waals surface area contributed by atoms with Crippen molar-refractivity contribution in [3.05, 3.63) is 54.6 Å². The number of benzene rings is 2. The van der Waals surface area contributed by atoms with Crippen LogP contribution in [-0.2, 0) is 0 Å². The Kier molecular flexibility index (Phi) is 3.73. The van der Waals surface area contributed by atoms with Crippen LogP contribution in [0.3, 0.4) is 0 Å². The van der Waals surface area contributed by atoms with Crippen LogP contribution in [0.4, 0.5) is 0 Å². The summed E-state index contributed by atoms with van der Waals surface area (Å²) in [4.78, 5) is 4.49. The van der Waals surface area contributed by atoms with Gasteiger partial charge in [0.15, 0.2) is 0 Å². The number of aromatic nitrogens is 1. The molecule has 0 saturated carbocycles. The Morgan fingerprint density at radius 3 is 2.67 bits per heavy atom. The van der Waals surface area contributed by atoms with Gasteiger partial charge in [0.25, 0.3) is 0 Å². The zero-order chi connectivity index (χ0) is 14.7. The molecule has 0 atom stereocenters. The van der Waals surface area contributed by atoms with E-state index < -0.39 is 0 Å². The van der Waals surface area contributed by atoms with Crippen LogP contribution in [0.1, 0.15) is 6.92 Å². The molecular formula is C18H17NO2. The summed E-state index contributed by atoms with van der Waals surface area (Å²) in [7, 11) is 1.64. The second kappa shape index (κ2) is 5.83. The first-order valence-corrected chi connectivity index (χ1v) is 6.99. The van der Waals surface area contributed by atoms with Crippen molar-refractivity contribution in [3.63, 3.8) is 0 Å². The molecule has 0 amide bonds. The number of para-hydroxylation sites is 1. The average Bonchev–Trinajstić information content (AvgIpc) is 2.54. The van der Waals surface area contributed by atoms with Gasteiger partial charge in [0, 0.05) is 11.5 Å². The lowest BCUT2D eigenvalue weighted by Gasteiger charge is -2.10. The molecule has 0 aliphatic rings. The lowest BCUT2D eigenvalue weighted by Crippen LogP contribution is -1.93. The monoisotopic (exact) mass is 279 g/mol. The van der Waals surface area contributed by atoms with Gasteiger partial charge >= 0.3 is 0 Å². The van der Waals surface area contributed by atoms with Crippen LogP contribution in [0.2, 0.25) is 0 Å². The molecule has 0 aliphatic carbocycles. The van der Waals surface area contributed by atoms with E-state index in [0.717, 1.165) is 27.8 Å². The van der Waals surface area contributed by atoms with Gasteiger partial charge < -0.3 is 9.47 Å². The predicted octanol–water partition coefficient (Wildman–Crippen LogP) is 4.31. The van der Waals surface area contributed by atoms with Crippen molar-refractivity contribution in [2.75, 3.05) is 13.7 Å². The summed E-state index contributed by atoms with van der Waals surface area (Å²) in [6, 6.07) is 18.1. The van der Waals surface area contributed by atoms with Gasteiger partial charge in [0.05, 0.1) is 19.2 Å². The van der Waals surface area contributed by atoms with Crippen LogP contribution in [0, 0.1) is 0 Å². The first kappa shape index (κ1) is 13.4. The molecule has 0 saturated heterocycles. The number of nitrogens with zero attached hydrogens (tertiary/aromatic N) is 1. The highest BCUT2D eigenvalue weighted by Gasteiger charge is 2.08. The van der Waals surface area contributed by atoms with Gasteiger partial charge in [-0.25, -0.2) is 4.98 Å². The number of hydrogen-bond donors (Lipinski definition) is 0. The minimum Gasteiger partial charge on any atom is -0.494 e. The highest BCUT2D eigenvalue weighted by molar-refractivity contribution is 5.95. The Morgan fingerprint density at radius 2 is 1.86 bits per heavy atom. The topological polar surface area (TPSA) is 31.4 Å². The van der Waals surface area contributed by atoms with Crippen LogP contribution in [0.15, 0.2) is 54.6 Å². The molecule has 2 aromatic carbocycles. The Labute approximate surface area is 124 Å². The Balaban J connectivity index is 2.21. The summed E-state index contributed by atoms with van der Waals surface area (Å²) in [5.41, 5.74) is 3.12. The third kappa shape index (κ3) is 2.68. The van der Waals surface area contributed by atoms with E-state index in [0.29, 0.717) is 12.5 Å². The summed E-state index contributed by atoms with van der Waals surface area (Å²) >= 11 is 0. The van der Waals surface area contributed by atoms with Gasteiger partial charge in [-0.05, 0) is 36.2 Å². The fourth-order valence-electron chi connectivity index (χ4n) is 2.41. The van der Waals surface area contributed by atoms with E-state index in [4.69, 9.17) is 9.47 Å². The van der Waals surface area contributed by atoms with Gasteiger partial charge in [0.1, 0.15) is 5.75 Å². The zero-order valence-corrected chi connectivity index (χ0v) is 12.2. The molecule has 3 rings (SSSR count). The van der Waals surface area contributed by atoms with Crippen molar-refractivity contribution < 1.29 is 9.47 Å². The Bertz CT molecular complexity index is 768. The van der Waals surface area contributed by atoms with E-state index in [2.05, 4.69) is 17.1 Å². The molecule has 0 aliphatic heterocycles. The molecule has 3 heteroatoms. The van der Waals surface area contributed by atoms with Gasteiger partial charge in [0.2, 0.25) is 5.88 Å². The molecule has 106 valence electrons. The highest BCUT2D eigenvalue weighted by Crippen LogP contribution is 2.32. The molecule has 21 heavy (non-hydrogen) atoms. The number of hydrogen-bond acceptors (Lipinski definition) is 3. The summed E-state index contributed by atoms with van der Waals surface area (Å²) in [6.45, 7) is 2.64. The summed E-state index contributed by atoms with van der Waals surface area (Å²) in [5, 5.41) is 1.10. The van der Waals surface area contributed by atoms with Crippen LogP contribution in [0.25, 0.3) is 22.0 Å². The Morgan fingerprint density at radius 1 is 1.00 bits per heavy atom. The van der Waals surface area contributed by atoms with Gasteiger partial charge in [-0.3, -0.25) is 0 Å². The van der Waals surface area contributed by atoms with Crippen LogP contribution in [-0.4, -0.2) is 18.7 Å². The van der Waals surface area contributed by atoms with Gasteiger partial charge in [-0.1, -0.05) is 30.3 Å². The maximum Gasteiger partial charge on any atom is 0.214 e.